The third kappa shape index (κ3) is 2.90. The highest BCUT2D eigenvalue weighted by molar-refractivity contribution is 5.94. The summed E-state index contributed by atoms with van der Waals surface area (Å²) >= 11 is 0. The zero-order valence-corrected chi connectivity index (χ0v) is 9.73. The first-order valence-electron chi connectivity index (χ1n) is 5.29. The number of amides is 1. The van der Waals surface area contributed by atoms with Gasteiger partial charge in [0.25, 0.3) is 5.91 Å². The van der Waals surface area contributed by atoms with Crippen molar-refractivity contribution >= 4 is 5.91 Å². The van der Waals surface area contributed by atoms with E-state index in [0.29, 0.717) is 17.3 Å². The van der Waals surface area contributed by atoms with Crippen LogP contribution < -0.4 is 5.32 Å². The number of benzene rings is 1. The summed E-state index contributed by atoms with van der Waals surface area (Å²) in [6.07, 6.45) is 0. The summed E-state index contributed by atoms with van der Waals surface area (Å²) in [4.78, 5) is 15.7. The number of hydrogen-bond donors (Lipinski definition) is 1. The lowest BCUT2D eigenvalue weighted by atomic mass is 10.1. The Hall–Kier alpha value is -2.17. The molecule has 0 aliphatic carbocycles. The number of nitrogens with zero attached hydrogens (tertiary/aromatic N) is 2. The van der Waals surface area contributed by atoms with Gasteiger partial charge in [0, 0.05) is 5.56 Å². The van der Waals surface area contributed by atoms with Gasteiger partial charge in [-0.25, -0.2) is 0 Å². The minimum absolute atomic E-state index is 0.152. The normalized spacial score (nSPS) is 10.2. The van der Waals surface area contributed by atoms with Gasteiger partial charge in [-0.05, 0) is 26.0 Å². The molecule has 0 bridgehead atoms. The van der Waals surface area contributed by atoms with Gasteiger partial charge in [-0.2, -0.15) is 4.98 Å². The molecule has 1 aromatic heterocycles. The molecule has 0 spiro atoms. The molecule has 0 aliphatic heterocycles. The Morgan fingerprint density at radius 1 is 1.29 bits per heavy atom. The molecule has 0 unspecified atom stereocenters. The van der Waals surface area contributed by atoms with Crippen molar-refractivity contribution < 1.29 is 9.32 Å². The van der Waals surface area contributed by atoms with Crippen molar-refractivity contribution in [3.05, 3.63) is 47.1 Å². The Balaban J connectivity index is 1.95. The van der Waals surface area contributed by atoms with Gasteiger partial charge in [0.05, 0.1) is 6.54 Å². The van der Waals surface area contributed by atoms with Crippen LogP contribution in [0.5, 0.6) is 0 Å². The second-order valence-electron chi connectivity index (χ2n) is 3.78. The number of aryl methyl sites for hydroxylation is 2. The van der Waals surface area contributed by atoms with Crippen molar-refractivity contribution in [3.63, 3.8) is 0 Å². The van der Waals surface area contributed by atoms with Crippen molar-refractivity contribution in [1.29, 1.82) is 0 Å². The van der Waals surface area contributed by atoms with Gasteiger partial charge in [0.2, 0.25) is 5.89 Å². The lowest BCUT2D eigenvalue weighted by molar-refractivity contribution is 0.0946. The molecule has 1 amide bonds. The van der Waals surface area contributed by atoms with E-state index in [1.165, 1.54) is 0 Å². The van der Waals surface area contributed by atoms with E-state index in [1.54, 1.807) is 19.1 Å². The van der Waals surface area contributed by atoms with Crippen molar-refractivity contribution in [2.24, 2.45) is 0 Å². The highest BCUT2D eigenvalue weighted by Crippen LogP contribution is 2.03. The van der Waals surface area contributed by atoms with Gasteiger partial charge in [-0.3, -0.25) is 4.79 Å². The quantitative estimate of drug-likeness (QED) is 0.871. The smallest absolute Gasteiger partial charge is 0.251 e. The van der Waals surface area contributed by atoms with E-state index in [-0.39, 0.29) is 12.5 Å². The monoisotopic (exact) mass is 231 g/mol. The number of carbonyl (C=O) groups excluding carboxylic acids is 1. The van der Waals surface area contributed by atoms with Crippen molar-refractivity contribution in [2.75, 3.05) is 0 Å². The molecular weight excluding hydrogens is 218 g/mol. The second kappa shape index (κ2) is 4.78. The topological polar surface area (TPSA) is 68.0 Å². The summed E-state index contributed by atoms with van der Waals surface area (Å²) in [5.41, 5.74) is 1.74. The SMILES string of the molecule is Cc1ccc(C(=O)NCc2nc(C)no2)cc1. The van der Waals surface area contributed by atoms with Crippen LogP contribution in [-0.2, 0) is 6.54 Å². The predicted octanol–water partition coefficient (Wildman–Crippen LogP) is 1.62. The summed E-state index contributed by atoms with van der Waals surface area (Å²) in [5, 5.41) is 6.35. The first-order valence-corrected chi connectivity index (χ1v) is 5.29. The zero-order valence-electron chi connectivity index (χ0n) is 9.73. The first kappa shape index (κ1) is 11.3. The fraction of sp³-hybridized carbons (Fsp3) is 0.250. The lowest BCUT2D eigenvalue weighted by Gasteiger charge is -2.02. The minimum Gasteiger partial charge on any atom is -0.343 e. The van der Waals surface area contributed by atoms with Gasteiger partial charge < -0.3 is 9.84 Å². The molecule has 2 aromatic rings. The van der Waals surface area contributed by atoms with Crippen molar-refractivity contribution in [3.8, 4) is 0 Å². The molecule has 0 fully saturated rings. The number of aromatic nitrogens is 2. The third-order valence-electron chi connectivity index (χ3n) is 2.28. The van der Waals surface area contributed by atoms with Crippen LogP contribution in [0.3, 0.4) is 0 Å². The van der Waals surface area contributed by atoms with Crippen molar-refractivity contribution in [2.45, 2.75) is 20.4 Å². The number of carbonyl (C=O) groups is 1. The molecule has 5 heteroatoms. The van der Waals surface area contributed by atoms with Crippen LogP contribution in [0.2, 0.25) is 0 Å². The largest absolute Gasteiger partial charge is 0.343 e. The Morgan fingerprint density at radius 3 is 2.59 bits per heavy atom. The van der Waals surface area contributed by atoms with Gasteiger partial charge >= 0.3 is 0 Å². The molecule has 1 heterocycles. The molecule has 5 nitrogen and oxygen atoms in total. The Labute approximate surface area is 98.8 Å². The Kier molecular flexibility index (Phi) is 3.18. The van der Waals surface area contributed by atoms with Crippen LogP contribution in [0.4, 0.5) is 0 Å². The zero-order chi connectivity index (χ0) is 12.3. The second-order valence-corrected chi connectivity index (χ2v) is 3.78. The van der Waals surface area contributed by atoms with Gasteiger partial charge in [0.1, 0.15) is 0 Å². The van der Waals surface area contributed by atoms with Gasteiger partial charge in [-0.1, -0.05) is 22.9 Å². The highest BCUT2D eigenvalue weighted by Gasteiger charge is 2.07. The van der Waals surface area contributed by atoms with E-state index in [1.807, 2.05) is 19.1 Å². The summed E-state index contributed by atoms with van der Waals surface area (Å²) in [5.74, 6) is 0.813. The maximum absolute atomic E-state index is 11.7. The van der Waals surface area contributed by atoms with E-state index in [2.05, 4.69) is 15.5 Å². The van der Waals surface area contributed by atoms with E-state index >= 15 is 0 Å². The summed E-state index contributed by atoms with van der Waals surface area (Å²) in [6.45, 7) is 3.95. The van der Waals surface area contributed by atoms with Crippen molar-refractivity contribution in [1.82, 2.24) is 15.5 Å². The average molecular weight is 231 g/mol. The van der Waals surface area contributed by atoms with Crippen LogP contribution in [0.15, 0.2) is 28.8 Å². The van der Waals surface area contributed by atoms with Gasteiger partial charge in [0.15, 0.2) is 5.82 Å². The van der Waals surface area contributed by atoms with E-state index in [0.717, 1.165) is 5.56 Å². The van der Waals surface area contributed by atoms with Crippen LogP contribution >= 0.6 is 0 Å². The molecule has 1 N–H and O–H groups in total. The summed E-state index contributed by atoms with van der Waals surface area (Å²) < 4.78 is 4.89. The van der Waals surface area contributed by atoms with E-state index in [9.17, 15) is 4.79 Å². The van der Waals surface area contributed by atoms with E-state index < -0.39 is 0 Å². The fourth-order valence-electron chi connectivity index (χ4n) is 1.37. The summed E-state index contributed by atoms with van der Waals surface area (Å²) in [7, 11) is 0. The van der Waals surface area contributed by atoms with Crippen LogP contribution in [-0.4, -0.2) is 16.0 Å². The lowest BCUT2D eigenvalue weighted by Crippen LogP contribution is -2.22. The molecule has 0 saturated carbocycles. The molecule has 2 rings (SSSR count). The minimum atomic E-state index is -0.152. The third-order valence-corrected chi connectivity index (χ3v) is 2.28. The predicted molar refractivity (Wildman–Crippen MR) is 61.4 cm³/mol. The standard InChI is InChI=1S/C12H13N3O2/c1-8-3-5-10(6-4-8)12(16)13-7-11-14-9(2)15-17-11/h3-6H,7H2,1-2H3,(H,13,16). The summed E-state index contributed by atoms with van der Waals surface area (Å²) in [6, 6.07) is 7.35. The maximum Gasteiger partial charge on any atom is 0.251 e. The maximum atomic E-state index is 11.7. The molecule has 0 saturated heterocycles. The number of nitrogens with one attached hydrogen (secondary N) is 1. The molecule has 1 aromatic carbocycles. The molecule has 88 valence electrons. The Bertz CT molecular complexity index is 517. The molecule has 0 radical (unpaired) electrons. The molecule has 0 atom stereocenters. The van der Waals surface area contributed by atoms with Crippen LogP contribution in [0.25, 0.3) is 0 Å². The fourth-order valence-corrected chi connectivity index (χ4v) is 1.37. The Morgan fingerprint density at radius 2 is 2.00 bits per heavy atom. The molecular formula is C12H13N3O2. The molecule has 0 aliphatic rings. The number of hydrogen-bond acceptors (Lipinski definition) is 4. The van der Waals surface area contributed by atoms with E-state index in [4.69, 9.17) is 4.52 Å². The average Bonchev–Trinajstić information content (AvgIpc) is 2.73. The molecule has 17 heavy (non-hydrogen) atoms. The van der Waals surface area contributed by atoms with Crippen LogP contribution in [0, 0.1) is 13.8 Å². The van der Waals surface area contributed by atoms with Crippen LogP contribution in [0.1, 0.15) is 27.6 Å². The number of rotatable bonds is 3. The first-order chi connectivity index (χ1) is 8.15. The highest BCUT2D eigenvalue weighted by atomic mass is 16.5. The van der Waals surface area contributed by atoms with Gasteiger partial charge in [-0.15, -0.1) is 0 Å².